The number of carbonyl (C=O) groups excluding carboxylic acids is 1. The normalized spacial score (nSPS) is 14.1. The van der Waals surface area contributed by atoms with E-state index in [1.807, 2.05) is 35.2 Å². The zero-order chi connectivity index (χ0) is 21.2. The van der Waals surface area contributed by atoms with Crippen LogP contribution in [-0.2, 0) is 5.75 Å². The number of hydrogen-bond donors (Lipinski definition) is 1. The lowest BCUT2D eigenvalue weighted by atomic mass is 9.98. The minimum Gasteiger partial charge on any atom is -0.361 e. The molecule has 7 heteroatoms. The van der Waals surface area contributed by atoms with Gasteiger partial charge in [0.15, 0.2) is 5.82 Å². The molecule has 1 aliphatic heterocycles. The lowest BCUT2D eigenvalue weighted by Gasteiger charge is -2.27. The number of thioether (sulfide) groups is 1. The van der Waals surface area contributed by atoms with E-state index in [2.05, 4.69) is 45.6 Å². The van der Waals surface area contributed by atoms with Crippen molar-refractivity contribution in [1.82, 2.24) is 20.0 Å². The fourth-order valence-electron chi connectivity index (χ4n) is 3.91. The molecule has 2 aromatic carbocycles. The Balaban J connectivity index is 1.31. The van der Waals surface area contributed by atoms with Gasteiger partial charge < -0.3 is 14.4 Å². The van der Waals surface area contributed by atoms with Gasteiger partial charge in [-0.15, -0.1) is 11.8 Å². The zero-order valence-electron chi connectivity index (χ0n) is 17.2. The summed E-state index contributed by atoms with van der Waals surface area (Å²) in [5.74, 6) is 1.77. The second-order valence-electron chi connectivity index (χ2n) is 7.50. The number of para-hydroxylation sites is 1. The lowest BCUT2D eigenvalue weighted by Crippen LogP contribution is -2.34. The van der Waals surface area contributed by atoms with Crippen LogP contribution in [0.3, 0.4) is 0 Å². The van der Waals surface area contributed by atoms with Crippen LogP contribution in [0.5, 0.6) is 0 Å². The summed E-state index contributed by atoms with van der Waals surface area (Å²) in [5, 5.41) is 5.05. The fraction of sp³-hybridized carbons (Fsp3) is 0.208. The Labute approximate surface area is 184 Å². The number of rotatable bonds is 5. The highest BCUT2D eigenvalue weighted by atomic mass is 32.2. The van der Waals surface area contributed by atoms with E-state index in [0.29, 0.717) is 36.1 Å². The molecule has 0 fully saturated rings. The third-order valence-electron chi connectivity index (χ3n) is 5.47. The number of nitrogens with zero attached hydrogens (tertiary/aromatic N) is 3. The first-order valence-corrected chi connectivity index (χ1v) is 11.2. The summed E-state index contributed by atoms with van der Waals surface area (Å²) in [7, 11) is 0. The topological polar surface area (TPSA) is 75.0 Å². The molecule has 0 atom stereocenters. The van der Waals surface area contributed by atoms with E-state index < -0.39 is 0 Å². The summed E-state index contributed by atoms with van der Waals surface area (Å²) in [6.45, 7) is 3.10. The van der Waals surface area contributed by atoms with Gasteiger partial charge in [-0.2, -0.15) is 4.98 Å². The highest BCUT2D eigenvalue weighted by molar-refractivity contribution is 7.98. The van der Waals surface area contributed by atoms with Crippen LogP contribution in [0.15, 0.2) is 70.2 Å². The Bertz CT molecular complexity index is 1270. The molecule has 0 aliphatic carbocycles. The van der Waals surface area contributed by atoms with Gasteiger partial charge in [0.05, 0.1) is 11.3 Å². The minimum absolute atomic E-state index is 0.0547. The van der Waals surface area contributed by atoms with Gasteiger partial charge in [0.2, 0.25) is 5.89 Å². The Hall–Kier alpha value is -3.32. The summed E-state index contributed by atoms with van der Waals surface area (Å²) in [6.07, 6.45) is 5.08. The molecule has 0 bridgehead atoms. The van der Waals surface area contributed by atoms with Crippen LogP contribution in [-0.4, -0.2) is 39.0 Å². The number of fused-ring (bicyclic) bond motifs is 1. The largest absolute Gasteiger partial charge is 0.361 e. The SMILES string of the molecule is Cc1noc(CSc2ccccc2C(=O)N2CC=C(c3c[nH]c4ccccc34)CC2)n1. The number of benzene rings is 2. The molecule has 0 saturated heterocycles. The monoisotopic (exact) mass is 430 g/mol. The van der Waals surface area contributed by atoms with Crippen molar-refractivity contribution in [3.63, 3.8) is 0 Å². The zero-order valence-corrected chi connectivity index (χ0v) is 18.0. The molecule has 1 amide bonds. The van der Waals surface area contributed by atoms with E-state index in [4.69, 9.17) is 4.52 Å². The Morgan fingerprint density at radius 2 is 2.03 bits per heavy atom. The van der Waals surface area contributed by atoms with E-state index in [-0.39, 0.29) is 5.91 Å². The molecular weight excluding hydrogens is 408 g/mol. The van der Waals surface area contributed by atoms with Crippen LogP contribution in [0.4, 0.5) is 0 Å². The first kappa shape index (κ1) is 19.6. The number of aromatic amines is 1. The number of hydrogen-bond acceptors (Lipinski definition) is 5. The molecule has 0 unspecified atom stereocenters. The number of carbonyl (C=O) groups is 1. The lowest BCUT2D eigenvalue weighted by molar-refractivity contribution is 0.0769. The third kappa shape index (κ3) is 4.01. The van der Waals surface area contributed by atoms with Crippen molar-refractivity contribution >= 4 is 34.1 Å². The summed E-state index contributed by atoms with van der Waals surface area (Å²) in [6, 6.07) is 16.0. The molecule has 31 heavy (non-hydrogen) atoms. The maximum Gasteiger partial charge on any atom is 0.255 e. The van der Waals surface area contributed by atoms with Gasteiger partial charge in [-0.25, -0.2) is 0 Å². The van der Waals surface area contributed by atoms with Crippen molar-refractivity contribution in [2.75, 3.05) is 13.1 Å². The van der Waals surface area contributed by atoms with Crippen molar-refractivity contribution in [3.05, 3.63) is 83.6 Å². The highest BCUT2D eigenvalue weighted by Crippen LogP contribution is 2.31. The van der Waals surface area contributed by atoms with Gasteiger partial charge in [0.1, 0.15) is 0 Å². The second-order valence-corrected chi connectivity index (χ2v) is 8.52. The standard InChI is InChI=1S/C24H22N4O2S/c1-16-26-23(30-27-16)15-31-22-9-5-3-7-19(22)24(29)28-12-10-17(11-13-28)20-14-25-21-8-4-2-6-18(20)21/h2-10,14,25H,11-13,15H2,1H3. The molecule has 1 N–H and O–H groups in total. The number of amides is 1. The van der Waals surface area contributed by atoms with E-state index in [9.17, 15) is 4.79 Å². The van der Waals surface area contributed by atoms with Crippen LogP contribution >= 0.6 is 11.8 Å². The average Bonchev–Trinajstić information content (AvgIpc) is 3.43. The van der Waals surface area contributed by atoms with Gasteiger partial charge in [-0.3, -0.25) is 4.79 Å². The van der Waals surface area contributed by atoms with Gasteiger partial charge in [0, 0.05) is 40.6 Å². The quantitative estimate of drug-likeness (QED) is 0.447. The molecule has 156 valence electrons. The van der Waals surface area contributed by atoms with E-state index >= 15 is 0 Å². The van der Waals surface area contributed by atoms with Gasteiger partial charge >= 0.3 is 0 Å². The molecule has 0 saturated carbocycles. The molecule has 0 spiro atoms. The van der Waals surface area contributed by atoms with Crippen molar-refractivity contribution in [3.8, 4) is 0 Å². The fourth-order valence-corrected chi connectivity index (χ4v) is 4.79. The molecule has 1 aliphatic rings. The van der Waals surface area contributed by atoms with Gasteiger partial charge in [-0.1, -0.05) is 41.6 Å². The van der Waals surface area contributed by atoms with Crippen LogP contribution in [0, 0.1) is 6.92 Å². The summed E-state index contributed by atoms with van der Waals surface area (Å²) in [5.41, 5.74) is 4.37. The highest BCUT2D eigenvalue weighted by Gasteiger charge is 2.22. The van der Waals surface area contributed by atoms with Crippen molar-refractivity contribution in [2.24, 2.45) is 0 Å². The first-order chi connectivity index (χ1) is 15.2. The summed E-state index contributed by atoms with van der Waals surface area (Å²) < 4.78 is 5.19. The van der Waals surface area contributed by atoms with Crippen LogP contribution in [0.2, 0.25) is 0 Å². The second kappa shape index (κ2) is 8.43. The van der Waals surface area contributed by atoms with Crippen molar-refractivity contribution < 1.29 is 9.32 Å². The molecule has 5 rings (SSSR count). The first-order valence-electron chi connectivity index (χ1n) is 10.2. The van der Waals surface area contributed by atoms with E-state index in [0.717, 1.165) is 16.8 Å². The molecule has 2 aromatic heterocycles. The molecule has 0 radical (unpaired) electrons. The molecular formula is C24H22N4O2S. The van der Waals surface area contributed by atoms with E-state index in [1.165, 1.54) is 16.5 Å². The number of H-pyrrole nitrogens is 1. The summed E-state index contributed by atoms with van der Waals surface area (Å²) in [4.78, 5) is 23.7. The Kier molecular flexibility index (Phi) is 5.34. The van der Waals surface area contributed by atoms with Gasteiger partial charge in [-0.05, 0) is 37.1 Å². The number of aromatic nitrogens is 3. The third-order valence-corrected chi connectivity index (χ3v) is 6.53. The Morgan fingerprint density at radius 1 is 1.19 bits per heavy atom. The van der Waals surface area contributed by atoms with Gasteiger partial charge in [0.25, 0.3) is 5.91 Å². The number of nitrogens with one attached hydrogen (secondary N) is 1. The van der Waals surface area contributed by atoms with Crippen LogP contribution in [0.25, 0.3) is 16.5 Å². The average molecular weight is 431 g/mol. The maximum absolute atomic E-state index is 13.3. The molecule has 3 heterocycles. The van der Waals surface area contributed by atoms with Crippen molar-refractivity contribution in [2.45, 2.75) is 24.0 Å². The molecule has 6 nitrogen and oxygen atoms in total. The van der Waals surface area contributed by atoms with Crippen molar-refractivity contribution in [1.29, 1.82) is 0 Å². The van der Waals surface area contributed by atoms with E-state index in [1.54, 1.807) is 18.7 Å². The predicted molar refractivity (Wildman–Crippen MR) is 122 cm³/mol. The van der Waals surface area contributed by atoms with Crippen LogP contribution < -0.4 is 0 Å². The van der Waals surface area contributed by atoms with Crippen LogP contribution in [0.1, 0.15) is 34.1 Å². The Morgan fingerprint density at radius 3 is 2.84 bits per heavy atom. The predicted octanol–water partition coefficient (Wildman–Crippen LogP) is 5.08. The number of aryl methyl sites for hydroxylation is 1. The molecule has 4 aromatic rings. The summed E-state index contributed by atoms with van der Waals surface area (Å²) >= 11 is 1.54. The smallest absolute Gasteiger partial charge is 0.255 e. The maximum atomic E-state index is 13.3. The minimum atomic E-state index is 0.0547.